The number of rotatable bonds is 4. The van der Waals surface area contributed by atoms with Gasteiger partial charge in [-0.25, -0.2) is 9.97 Å². The first-order valence-corrected chi connectivity index (χ1v) is 9.18. The van der Waals surface area contributed by atoms with Gasteiger partial charge in [0.1, 0.15) is 5.69 Å². The molecule has 0 spiro atoms. The number of hydrogen-bond acceptors (Lipinski definition) is 5. The molecule has 0 aromatic carbocycles. The molecule has 1 N–H and O–H groups in total. The Labute approximate surface area is 147 Å². The second kappa shape index (κ2) is 7.09. The van der Waals surface area contributed by atoms with Crippen LogP contribution in [0.3, 0.4) is 0 Å². The fourth-order valence-electron chi connectivity index (χ4n) is 4.00. The fourth-order valence-corrected chi connectivity index (χ4v) is 4.00. The molecule has 4 rings (SSSR count). The van der Waals surface area contributed by atoms with Crippen LogP contribution in [0.2, 0.25) is 0 Å². The lowest BCUT2D eigenvalue weighted by molar-refractivity contribution is -0.0349. The Balaban J connectivity index is 1.47. The van der Waals surface area contributed by atoms with Crippen LogP contribution < -0.4 is 5.32 Å². The van der Waals surface area contributed by atoms with E-state index >= 15 is 0 Å². The van der Waals surface area contributed by atoms with Crippen LogP contribution in [-0.2, 0) is 4.74 Å². The minimum absolute atomic E-state index is 0.0196. The quantitative estimate of drug-likeness (QED) is 0.911. The zero-order chi connectivity index (χ0) is 17.1. The van der Waals surface area contributed by atoms with Crippen molar-refractivity contribution in [3.63, 3.8) is 0 Å². The maximum absolute atomic E-state index is 12.6. The molecule has 0 bridgehead atoms. The van der Waals surface area contributed by atoms with Gasteiger partial charge in [0, 0.05) is 43.9 Å². The third kappa shape index (κ3) is 3.39. The van der Waals surface area contributed by atoms with Crippen LogP contribution in [0.25, 0.3) is 5.78 Å². The van der Waals surface area contributed by atoms with Gasteiger partial charge in [0.05, 0.1) is 0 Å². The van der Waals surface area contributed by atoms with Crippen molar-refractivity contribution in [2.24, 2.45) is 0 Å². The number of imidazole rings is 1. The van der Waals surface area contributed by atoms with Gasteiger partial charge in [-0.2, -0.15) is 0 Å². The first kappa shape index (κ1) is 16.5. The summed E-state index contributed by atoms with van der Waals surface area (Å²) >= 11 is 0. The highest BCUT2D eigenvalue weighted by molar-refractivity contribution is 5.92. The molecule has 134 valence electrons. The van der Waals surface area contributed by atoms with E-state index in [1.165, 1.54) is 19.3 Å². The van der Waals surface area contributed by atoms with Gasteiger partial charge in [0.15, 0.2) is 0 Å². The van der Waals surface area contributed by atoms with Gasteiger partial charge in [-0.05, 0) is 44.8 Å². The predicted molar refractivity (Wildman–Crippen MR) is 93.5 cm³/mol. The van der Waals surface area contributed by atoms with Crippen LogP contribution in [0.15, 0.2) is 24.7 Å². The number of amides is 1. The van der Waals surface area contributed by atoms with Crippen molar-refractivity contribution in [1.82, 2.24) is 24.6 Å². The van der Waals surface area contributed by atoms with Gasteiger partial charge in [-0.15, -0.1) is 0 Å². The van der Waals surface area contributed by atoms with Crippen molar-refractivity contribution < 1.29 is 9.53 Å². The molecule has 4 heterocycles. The Hall–Kier alpha value is -1.99. The molecule has 0 radical (unpaired) electrons. The number of carbonyl (C=O) groups excluding carboxylic acids is 1. The maximum atomic E-state index is 12.6. The van der Waals surface area contributed by atoms with E-state index in [2.05, 4.69) is 20.2 Å². The smallest absolute Gasteiger partial charge is 0.271 e. The second-order valence-corrected chi connectivity index (χ2v) is 7.02. The zero-order valence-corrected chi connectivity index (χ0v) is 14.5. The molecular weight excluding hydrogens is 318 g/mol. The van der Waals surface area contributed by atoms with Crippen LogP contribution in [-0.4, -0.2) is 63.6 Å². The Morgan fingerprint density at radius 2 is 2.04 bits per heavy atom. The molecule has 0 unspecified atom stereocenters. The lowest BCUT2D eigenvalue weighted by Gasteiger charge is -2.48. The summed E-state index contributed by atoms with van der Waals surface area (Å²) in [5, 5.41) is 3.13. The van der Waals surface area contributed by atoms with Gasteiger partial charge in [0.25, 0.3) is 5.91 Å². The SMILES string of the molecule is O=C(NCC1(N2CCCCC2)CCOCC1)c1cn2cccnc2n1. The number of carbonyl (C=O) groups is 1. The summed E-state index contributed by atoms with van der Waals surface area (Å²) in [6, 6.07) is 1.82. The van der Waals surface area contributed by atoms with Crippen molar-refractivity contribution >= 4 is 11.7 Å². The van der Waals surface area contributed by atoms with Crippen molar-refractivity contribution in [2.45, 2.75) is 37.6 Å². The molecule has 2 aromatic heterocycles. The molecule has 0 saturated carbocycles. The topological polar surface area (TPSA) is 71.8 Å². The summed E-state index contributed by atoms with van der Waals surface area (Å²) in [5.41, 5.74) is 0.436. The number of likely N-dealkylation sites (tertiary alicyclic amines) is 1. The molecule has 25 heavy (non-hydrogen) atoms. The van der Waals surface area contributed by atoms with Gasteiger partial charge < -0.3 is 10.1 Å². The molecule has 0 aliphatic carbocycles. The highest BCUT2D eigenvalue weighted by Crippen LogP contribution is 2.30. The summed E-state index contributed by atoms with van der Waals surface area (Å²) in [6.07, 6.45) is 11.0. The van der Waals surface area contributed by atoms with E-state index in [1.54, 1.807) is 16.8 Å². The van der Waals surface area contributed by atoms with Crippen molar-refractivity contribution in [1.29, 1.82) is 0 Å². The lowest BCUT2D eigenvalue weighted by Crippen LogP contribution is -2.59. The third-order valence-electron chi connectivity index (χ3n) is 5.50. The summed E-state index contributed by atoms with van der Waals surface area (Å²) < 4.78 is 7.35. The molecular formula is C18H25N5O2. The van der Waals surface area contributed by atoms with Gasteiger partial charge >= 0.3 is 0 Å². The van der Waals surface area contributed by atoms with Crippen LogP contribution >= 0.6 is 0 Å². The van der Waals surface area contributed by atoms with Crippen molar-refractivity contribution in [2.75, 3.05) is 32.8 Å². The van der Waals surface area contributed by atoms with E-state index in [0.29, 0.717) is 18.0 Å². The van der Waals surface area contributed by atoms with Gasteiger partial charge in [-0.1, -0.05) is 6.42 Å². The molecule has 2 aliphatic rings. The van der Waals surface area contributed by atoms with E-state index in [1.807, 2.05) is 12.3 Å². The molecule has 2 aromatic rings. The summed E-state index contributed by atoms with van der Waals surface area (Å²) in [7, 11) is 0. The number of nitrogens with one attached hydrogen (secondary N) is 1. The van der Waals surface area contributed by atoms with E-state index in [-0.39, 0.29) is 11.4 Å². The Morgan fingerprint density at radius 1 is 1.24 bits per heavy atom. The zero-order valence-electron chi connectivity index (χ0n) is 14.5. The first-order valence-electron chi connectivity index (χ1n) is 9.18. The van der Waals surface area contributed by atoms with Crippen LogP contribution in [0.4, 0.5) is 0 Å². The number of ether oxygens (including phenoxy) is 1. The largest absolute Gasteiger partial charge is 0.381 e. The maximum Gasteiger partial charge on any atom is 0.271 e. The molecule has 1 amide bonds. The highest BCUT2D eigenvalue weighted by Gasteiger charge is 2.39. The summed E-state index contributed by atoms with van der Waals surface area (Å²) in [6.45, 7) is 4.42. The average molecular weight is 343 g/mol. The number of nitrogens with zero attached hydrogens (tertiary/aromatic N) is 4. The number of hydrogen-bond donors (Lipinski definition) is 1. The number of aromatic nitrogens is 3. The molecule has 2 saturated heterocycles. The average Bonchev–Trinajstić information content (AvgIpc) is 3.12. The Morgan fingerprint density at radius 3 is 2.80 bits per heavy atom. The molecule has 7 heteroatoms. The van der Waals surface area contributed by atoms with Crippen molar-refractivity contribution in [3.8, 4) is 0 Å². The Kier molecular flexibility index (Phi) is 4.67. The first-order chi connectivity index (χ1) is 12.3. The van der Waals surface area contributed by atoms with Crippen LogP contribution in [0, 0.1) is 0 Å². The third-order valence-corrected chi connectivity index (χ3v) is 5.50. The predicted octanol–water partition coefficient (Wildman–Crippen LogP) is 1.49. The van der Waals surface area contributed by atoms with E-state index in [0.717, 1.165) is 39.1 Å². The fraction of sp³-hybridized carbons (Fsp3) is 0.611. The minimum atomic E-state index is -0.131. The van der Waals surface area contributed by atoms with E-state index < -0.39 is 0 Å². The minimum Gasteiger partial charge on any atom is -0.381 e. The van der Waals surface area contributed by atoms with Crippen LogP contribution in [0.5, 0.6) is 0 Å². The number of piperidine rings is 1. The normalized spacial score (nSPS) is 21.3. The summed E-state index contributed by atoms with van der Waals surface area (Å²) in [5.74, 6) is 0.415. The van der Waals surface area contributed by atoms with E-state index in [4.69, 9.17) is 4.74 Å². The highest BCUT2D eigenvalue weighted by atomic mass is 16.5. The number of fused-ring (bicyclic) bond motifs is 1. The van der Waals surface area contributed by atoms with Gasteiger partial charge in [-0.3, -0.25) is 14.1 Å². The standard InChI is InChI=1S/C18H25N5O2/c24-16(15-13-22-8-4-7-19-17(22)21-15)20-14-18(5-11-25-12-6-18)23-9-2-1-3-10-23/h4,7-8,13H,1-3,5-6,9-12,14H2,(H,20,24). The van der Waals surface area contributed by atoms with Crippen LogP contribution in [0.1, 0.15) is 42.6 Å². The second-order valence-electron chi connectivity index (χ2n) is 7.02. The molecule has 0 atom stereocenters. The van der Waals surface area contributed by atoms with Gasteiger partial charge in [0.2, 0.25) is 5.78 Å². The summed E-state index contributed by atoms with van der Waals surface area (Å²) in [4.78, 5) is 23.7. The molecule has 2 fully saturated rings. The monoisotopic (exact) mass is 343 g/mol. The lowest BCUT2D eigenvalue weighted by atomic mass is 9.86. The molecule has 7 nitrogen and oxygen atoms in total. The molecule has 2 aliphatic heterocycles. The van der Waals surface area contributed by atoms with E-state index in [9.17, 15) is 4.79 Å². The Bertz CT molecular complexity index is 699. The van der Waals surface area contributed by atoms with Crippen molar-refractivity contribution in [3.05, 3.63) is 30.4 Å².